The number of carbonyl (C=O) groups is 1. The van der Waals surface area contributed by atoms with Crippen LogP contribution in [0.2, 0.25) is 0 Å². The summed E-state index contributed by atoms with van der Waals surface area (Å²) in [5, 5.41) is 12.2. The molecule has 0 radical (unpaired) electrons. The SMILES string of the molecule is CC(C)(C)OC(=O)NCC(C#N)N1CCC(N2CCCCC2)CC1. The standard InChI is InChI=1S/C18H32N4O2/c1-18(2,3)24-17(23)20-14-16(13-19)22-11-7-15(8-12-22)21-9-5-4-6-10-21/h15-16H,4-12,14H2,1-3H3,(H,20,23). The van der Waals surface area contributed by atoms with Crippen molar-refractivity contribution in [3.8, 4) is 6.07 Å². The second-order valence-corrected chi connectivity index (χ2v) is 7.89. The van der Waals surface area contributed by atoms with Gasteiger partial charge in [-0.05, 0) is 59.5 Å². The molecule has 1 amide bonds. The van der Waals surface area contributed by atoms with E-state index in [4.69, 9.17) is 4.74 Å². The van der Waals surface area contributed by atoms with Gasteiger partial charge in [0.2, 0.25) is 0 Å². The molecular weight excluding hydrogens is 304 g/mol. The van der Waals surface area contributed by atoms with Crippen LogP contribution < -0.4 is 5.32 Å². The summed E-state index contributed by atoms with van der Waals surface area (Å²) in [6.45, 7) is 10.1. The summed E-state index contributed by atoms with van der Waals surface area (Å²) in [7, 11) is 0. The molecule has 6 heteroatoms. The van der Waals surface area contributed by atoms with Crippen LogP contribution in [0.15, 0.2) is 0 Å². The number of likely N-dealkylation sites (tertiary alicyclic amines) is 2. The molecule has 0 saturated carbocycles. The number of hydrogen-bond acceptors (Lipinski definition) is 5. The molecule has 24 heavy (non-hydrogen) atoms. The lowest BCUT2D eigenvalue weighted by Gasteiger charge is -2.41. The lowest BCUT2D eigenvalue weighted by molar-refractivity contribution is 0.0495. The fourth-order valence-electron chi connectivity index (χ4n) is 3.60. The van der Waals surface area contributed by atoms with E-state index in [0.29, 0.717) is 12.6 Å². The molecule has 2 aliphatic rings. The molecule has 0 aromatic heterocycles. The predicted molar refractivity (Wildman–Crippen MR) is 93.7 cm³/mol. The molecule has 2 fully saturated rings. The lowest BCUT2D eigenvalue weighted by Crippen LogP contribution is -2.51. The van der Waals surface area contributed by atoms with Gasteiger partial charge in [0.1, 0.15) is 11.6 Å². The number of nitriles is 1. The second-order valence-electron chi connectivity index (χ2n) is 7.89. The topological polar surface area (TPSA) is 68.6 Å². The second kappa shape index (κ2) is 8.68. The van der Waals surface area contributed by atoms with E-state index in [1.165, 1.54) is 32.4 Å². The molecule has 2 heterocycles. The molecule has 1 N–H and O–H groups in total. The van der Waals surface area contributed by atoms with Gasteiger partial charge < -0.3 is 15.0 Å². The lowest BCUT2D eigenvalue weighted by atomic mass is 9.99. The van der Waals surface area contributed by atoms with Crippen molar-refractivity contribution >= 4 is 6.09 Å². The van der Waals surface area contributed by atoms with Gasteiger partial charge in [-0.3, -0.25) is 4.90 Å². The number of ether oxygens (including phenoxy) is 1. The largest absolute Gasteiger partial charge is 0.444 e. The zero-order valence-corrected chi connectivity index (χ0v) is 15.4. The van der Waals surface area contributed by atoms with Crippen molar-refractivity contribution in [2.75, 3.05) is 32.7 Å². The Morgan fingerprint density at radius 2 is 1.83 bits per heavy atom. The maximum atomic E-state index is 11.8. The first kappa shape index (κ1) is 19.0. The van der Waals surface area contributed by atoms with Gasteiger partial charge in [0.15, 0.2) is 0 Å². The zero-order valence-electron chi connectivity index (χ0n) is 15.4. The number of piperidine rings is 2. The van der Waals surface area contributed by atoms with E-state index in [0.717, 1.165) is 25.9 Å². The monoisotopic (exact) mass is 336 g/mol. The molecule has 0 aromatic carbocycles. The minimum atomic E-state index is -0.515. The molecule has 0 aromatic rings. The number of nitrogens with one attached hydrogen (secondary N) is 1. The van der Waals surface area contributed by atoms with Gasteiger partial charge in [-0.25, -0.2) is 4.79 Å². The van der Waals surface area contributed by atoms with Gasteiger partial charge in [-0.15, -0.1) is 0 Å². The van der Waals surface area contributed by atoms with Crippen molar-refractivity contribution in [1.82, 2.24) is 15.1 Å². The van der Waals surface area contributed by atoms with Crippen molar-refractivity contribution in [2.24, 2.45) is 0 Å². The van der Waals surface area contributed by atoms with Crippen molar-refractivity contribution in [1.29, 1.82) is 5.26 Å². The minimum Gasteiger partial charge on any atom is -0.444 e. The fraction of sp³-hybridized carbons (Fsp3) is 0.889. The molecule has 136 valence electrons. The van der Waals surface area contributed by atoms with Crippen LogP contribution >= 0.6 is 0 Å². The number of alkyl carbamates (subject to hydrolysis) is 1. The molecule has 0 spiro atoms. The van der Waals surface area contributed by atoms with Crippen molar-refractivity contribution in [2.45, 2.75) is 70.6 Å². The number of amides is 1. The van der Waals surface area contributed by atoms with E-state index in [1.54, 1.807) is 0 Å². The summed E-state index contributed by atoms with van der Waals surface area (Å²) in [4.78, 5) is 16.6. The van der Waals surface area contributed by atoms with E-state index in [9.17, 15) is 10.1 Å². The Bertz CT molecular complexity index is 441. The summed E-state index contributed by atoms with van der Waals surface area (Å²) in [6, 6.07) is 2.71. The third-order valence-electron chi connectivity index (χ3n) is 4.83. The first-order chi connectivity index (χ1) is 11.4. The molecule has 2 saturated heterocycles. The van der Waals surface area contributed by atoms with Crippen LogP contribution in [-0.2, 0) is 4.74 Å². The van der Waals surface area contributed by atoms with Crippen LogP contribution in [0.1, 0.15) is 52.9 Å². The van der Waals surface area contributed by atoms with Gasteiger partial charge in [-0.1, -0.05) is 6.42 Å². The summed E-state index contributed by atoms with van der Waals surface area (Å²) in [5.74, 6) is 0. The van der Waals surface area contributed by atoms with Gasteiger partial charge in [0, 0.05) is 25.7 Å². The molecule has 6 nitrogen and oxygen atoms in total. The Kier molecular flexibility index (Phi) is 6.88. The van der Waals surface area contributed by atoms with Gasteiger partial charge in [-0.2, -0.15) is 5.26 Å². The van der Waals surface area contributed by atoms with Crippen LogP contribution in [-0.4, -0.2) is 66.3 Å². The summed E-state index contributed by atoms with van der Waals surface area (Å²) >= 11 is 0. The van der Waals surface area contributed by atoms with Crippen molar-refractivity contribution < 1.29 is 9.53 Å². The highest BCUT2D eigenvalue weighted by Gasteiger charge is 2.29. The number of rotatable bonds is 4. The Morgan fingerprint density at radius 1 is 1.21 bits per heavy atom. The highest BCUT2D eigenvalue weighted by Crippen LogP contribution is 2.21. The Labute approximate surface area is 146 Å². The summed E-state index contributed by atoms with van der Waals surface area (Å²) < 4.78 is 5.23. The third-order valence-corrected chi connectivity index (χ3v) is 4.83. The maximum Gasteiger partial charge on any atom is 0.407 e. The highest BCUT2D eigenvalue weighted by molar-refractivity contribution is 5.67. The van der Waals surface area contributed by atoms with Crippen LogP contribution in [0, 0.1) is 11.3 Å². The van der Waals surface area contributed by atoms with E-state index in [2.05, 4.69) is 21.2 Å². The van der Waals surface area contributed by atoms with E-state index in [-0.39, 0.29) is 6.04 Å². The first-order valence-electron chi connectivity index (χ1n) is 9.23. The zero-order chi connectivity index (χ0) is 17.6. The predicted octanol–water partition coefficient (Wildman–Crippen LogP) is 2.35. The van der Waals surface area contributed by atoms with E-state index >= 15 is 0 Å². The fourth-order valence-corrected chi connectivity index (χ4v) is 3.60. The number of nitrogens with zero attached hydrogens (tertiary/aromatic N) is 3. The van der Waals surface area contributed by atoms with Gasteiger partial charge >= 0.3 is 6.09 Å². The van der Waals surface area contributed by atoms with Crippen LogP contribution in [0.4, 0.5) is 4.79 Å². The highest BCUT2D eigenvalue weighted by atomic mass is 16.6. The van der Waals surface area contributed by atoms with Crippen LogP contribution in [0.5, 0.6) is 0 Å². The van der Waals surface area contributed by atoms with Crippen molar-refractivity contribution in [3.63, 3.8) is 0 Å². The number of carbonyl (C=O) groups excluding carboxylic acids is 1. The normalized spacial score (nSPS) is 22.6. The Hall–Kier alpha value is -1.32. The van der Waals surface area contributed by atoms with E-state index < -0.39 is 11.7 Å². The molecule has 1 unspecified atom stereocenters. The molecular formula is C18H32N4O2. The quantitative estimate of drug-likeness (QED) is 0.853. The summed E-state index contributed by atoms with van der Waals surface area (Å²) in [6.07, 6.45) is 5.78. The molecule has 0 bridgehead atoms. The molecule has 0 aliphatic carbocycles. The molecule has 2 aliphatic heterocycles. The van der Waals surface area contributed by atoms with Crippen LogP contribution in [0.3, 0.4) is 0 Å². The smallest absolute Gasteiger partial charge is 0.407 e. The minimum absolute atomic E-state index is 0.278. The average molecular weight is 336 g/mol. The van der Waals surface area contributed by atoms with Crippen LogP contribution in [0.25, 0.3) is 0 Å². The summed E-state index contributed by atoms with van der Waals surface area (Å²) in [5.41, 5.74) is -0.515. The maximum absolute atomic E-state index is 11.8. The average Bonchev–Trinajstić information content (AvgIpc) is 2.55. The number of hydrogen-bond donors (Lipinski definition) is 1. The molecule has 2 rings (SSSR count). The Balaban J connectivity index is 1.74. The first-order valence-corrected chi connectivity index (χ1v) is 9.23. The third kappa shape index (κ3) is 5.95. The Morgan fingerprint density at radius 3 is 2.38 bits per heavy atom. The molecule has 1 atom stereocenters. The van der Waals surface area contributed by atoms with Gasteiger partial charge in [0.05, 0.1) is 6.07 Å². The van der Waals surface area contributed by atoms with Gasteiger partial charge in [0.25, 0.3) is 0 Å². The van der Waals surface area contributed by atoms with E-state index in [1.807, 2.05) is 20.8 Å². The van der Waals surface area contributed by atoms with Crippen molar-refractivity contribution in [3.05, 3.63) is 0 Å².